The number of ether oxygens (including phenoxy) is 1. The van der Waals surface area contributed by atoms with Crippen LogP contribution in [-0.4, -0.2) is 25.1 Å². The van der Waals surface area contributed by atoms with E-state index in [4.69, 9.17) is 0 Å². The molecule has 0 saturated carbocycles. The molecule has 0 aliphatic carbocycles. The van der Waals surface area contributed by atoms with Crippen LogP contribution in [0.15, 0.2) is 10.9 Å². The molecular weight excluding hydrogens is 176 g/mol. The zero-order valence-corrected chi connectivity index (χ0v) is 7.50. The molecule has 0 bridgehead atoms. The normalized spacial score (nSPS) is 12.4. The monoisotopic (exact) mass is 186 g/mol. The number of nitrogens with one attached hydrogen (secondary N) is 1. The van der Waals surface area contributed by atoms with Gasteiger partial charge in [0.25, 0.3) is 6.47 Å². The quantitative estimate of drug-likeness (QED) is 0.683. The molecule has 1 atom stereocenters. The minimum Gasteiger partial charge on any atom is -0.466 e. The average Bonchev–Trinajstić information content (AvgIpc) is 2.59. The van der Waals surface area contributed by atoms with Crippen LogP contribution in [0.2, 0.25) is 0 Å². The second-order valence-electron chi connectivity index (χ2n) is 2.18. The lowest BCUT2D eigenvalue weighted by atomic mass is 10.2. The second kappa shape index (κ2) is 4.84. The molecule has 66 valence electrons. The van der Waals surface area contributed by atoms with Crippen LogP contribution in [0, 0.1) is 0 Å². The Morgan fingerprint density at radius 3 is 3.25 bits per heavy atom. The maximum absolute atomic E-state index is 9.93. The minimum atomic E-state index is 0.00134. The fourth-order valence-electron chi connectivity index (χ4n) is 0.846. The zero-order valence-electron chi connectivity index (χ0n) is 6.69. The maximum atomic E-state index is 9.93. The smallest absolute Gasteiger partial charge is 0.293 e. The maximum Gasteiger partial charge on any atom is 0.293 e. The van der Waals surface area contributed by atoms with Gasteiger partial charge < -0.3 is 10.1 Å². The fraction of sp³-hybridized carbons (Fsp3) is 0.429. The summed E-state index contributed by atoms with van der Waals surface area (Å²) >= 11 is 1.52. The lowest BCUT2D eigenvalue weighted by molar-refractivity contribution is -0.129. The van der Waals surface area contributed by atoms with Crippen molar-refractivity contribution in [3.8, 4) is 0 Å². The fourth-order valence-corrected chi connectivity index (χ4v) is 1.45. The van der Waals surface area contributed by atoms with Crippen molar-refractivity contribution in [2.45, 2.75) is 6.04 Å². The van der Waals surface area contributed by atoms with Crippen molar-refractivity contribution in [2.24, 2.45) is 0 Å². The van der Waals surface area contributed by atoms with Gasteiger partial charge in [0.05, 0.1) is 17.2 Å². The van der Waals surface area contributed by atoms with Crippen LogP contribution in [0.5, 0.6) is 0 Å². The summed E-state index contributed by atoms with van der Waals surface area (Å²) in [6.45, 7) is 0.764. The highest BCUT2D eigenvalue weighted by Gasteiger charge is 2.10. The van der Waals surface area contributed by atoms with Gasteiger partial charge in [-0.3, -0.25) is 4.79 Å². The topological polar surface area (TPSA) is 51.2 Å². The van der Waals surface area contributed by atoms with Gasteiger partial charge in [0.15, 0.2) is 0 Å². The van der Waals surface area contributed by atoms with Crippen LogP contribution in [-0.2, 0) is 9.53 Å². The van der Waals surface area contributed by atoms with Crippen molar-refractivity contribution in [3.63, 3.8) is 0 Å². The number of carbonyl (C=O) groups excluding carboxylic acids is 1. The summed E-state index contributed by atoms with van der Waals surface area (Å²) in [4.78, 5) is 14.0. The van der Waals surface area contributed by atoms with E-state index in [9.17, 15) is 4.79 Å². The highest BCUT2D eigenvalue weighted by molar-refractivity contribution is 7.07. The average molecular weight is 186 g/mol. The number of nitrogens with zero attached hydrogens (tertiary/aromatic N) is 1. The standard InChI is InChI=1S/C7H10N2O2S/c1-8-6(2-11-5-10)7-3-12-4-9-7/h3-6,8H,2H2,1H3. The van der Waals surface area contributed by atoms with Gasteiger partial charge in [-0.1, -0.05) is 0 Å². The van der Waals surface area contributed by atoms with Gasteiger partial charge in [0, 0.05) is 5.38 Å². The first-order valence-electron chi connectivity index (χ1n) is 3.49. The molecule has 0 aromatic carbocycles. The molecule has 0 fully saturated rings. The third-order valence-electron chi connectivity index (χ3n) is 1.49. The van der Waals surface area contributed by atoms with Gasteiger partial charge in [-0.25, -0.2) is 4.98 Å². The highest BCUT2D eigenvalue weighted by Crippen LogP contribution is 2.11. The number of thiazole rings is 1. The number of hydrogen-bond donors (Lipinski definition) is 1. The summed E-state index contributed by atoms with van der Waals surface area (Å²) in [5, 5.41) is 4.93. The molecule has 1 rings (SSSR count). The Balaban J connectivity index is 2.51. The van der Waals surface area contributed by atoms with Crippen LogP contribution in [0.3, 0.4) is 0 Å². The SMILES string of the molecule is CNC(COC=O)c1cscn1. The van der Waals surface area contributed by atoms with E-state index in [0.29, 0.717) is 13.1 Å². The third kappa shape index (κ3) is 2.28. The van der Waals surface area contributed by atoms with Crippen molar-refractivity contribution in [3.05, 3.63) is 16.6 Å². The lowest BCUT2D eigenvalue weighted by Gasteiger charge is -2.11. The summed E-state index contributed by atoms with van der Waals surface area (Å²) in [7, 11) is 1.80. The van der Waals surface area contributed by atoms with Crippen LogP contribution in [0.25, 0.3) is 0 Å². The molecule has 0 spiro atoms. The van der Waals surface area contributed by atoms with Crippen LogP contribution in [0.1, 0.15) is 11.7 Å². The molecule has 1 unspecified atom stereocenters. The number of likely N-dealkylation sites (N-methyl/N-ethyl adjacent to an activating group) is 1. The zero-order chi connectivity index (χ0) is 8.81. The first kappa shape index (κ1) is 9.15. The second-order valence-corrected chi connectivity index (χ2v) is 2.90. The number of rotatable bonds is 5. The summed E-state index contributed by atoms with van der Waals surface area (Å²) in [6, 6.07) is 0.00134. The summed E-state index contributed by atoms with van der Waals surface area (Å²) < 4.78 is 4.63. The van der Waals surface area contributed by atoms with Crippen molar-refractivity contribution in [1.29, 1.82) is 0 Å². The predicted octanol–water partition coefficient (Wildman–Crippen LogP) is 0.577. The molecular formula is C7H10N2O2S. The molecule has 12 heavy (non-hydrogen) atoms. The Morgan fingerprint density at radius 2 is 2.75 bits per heavy atom. The Bertz CT molecular complexity index is 225. The molecule has 1 aromatic rings. The molecule has 5 heteroatoms. The Hall–Kier alpha value is -0.940. The van der Waals surface area contributed by atoms with Gasteiger partial charge >= 0.3 is 0 Å². The molecule has 1 heterocycles. The van der Waals surface area contributed by atoms with Crippen LogP contribution < -0.4 is 5.32 Å². The lowest BCUT2D eigenvalue weighted by Crippen LogP contribution is -2.21. The minimum absolute atomic E-state index is 0.00134. The van der Waals surface area contributed by atoms with Crippen molar-refractivity contribution in [2.75, 3.05) is 13.7 Å². The van der Waals surface area contributed by atoms with E-state index in [-0.39, 0.29) is 6.04 Å². The van der Waals surface area contributed by atoms with E-state index in [0.717, 1.165) is 5.69 Å². The first-order valence-corrected chi connectivity index (χ1v) is 4.43. The molecule has 0 aliphatic heterocycles. The van der Waals surface area contributed by atoms with Gasteiger partial charge in [-0.15, -0.1) is 11.3 Å². The molecule has 0 aliphatic rings. The van der Waals surface area contributed by atoms with Gasteiger partial charge in [-0.05, 0) is 7.05 Å². The predicted molar refractivity (Wildman–Crippen MR) is 45.9 cm³/mol. The summed E-state index contributed by atoms with van der Waals surface area (Å²) in [6.07, 6.45) is 0. The van der Waals surface area contributed by atoms with Crippen LogP contribution >= 0.6 is 11.3 Å². The number of carbonyl (C=O) groups is 1. The van der Waals surface area contributed by atoms with E-state index >= 15 is 0 Å². The van der Waals surface area contributed by atoms with Crippen LogP contribution in [0.4, 0.5) is 0 Å². The molecule has 4 nitrogen and oxygen atoms in total. The van der Waals surface area contributed by atoms with E-state index in [1.807, 2.05) is 5.38 Å². The van der Waals surface area contributed by atoms with Gasteiger partial charge in [-0.2, -0.15) is 0 Å². The van der Waals surface area contributed by atoms with E-state index in [1.54, 1.807) is 12.6 Å². The number of aromatic nitrogens is 1. The van der Waals surface area contributed by atoms with Crippen molar-refractivity contribution in [1.82, 2.24) is 10.3 Å². The Kier molecular flexibility index (Phi) is 3.69. The highest BCUT2D eigenvalue weighted by atomic mass is 32.1. The summed E-state index contributed by atoms with van der Waals surface area (Å²) in [5.41, 5.74) is 2.66. The third-order valence-corrected chi connectivity index (χ3v) is 2.09. The Morgan fingerprint density at radius 1 is 1.92 bits per heavy atom. The molecule has 1 aromatic heterocycles. The van der Waals surface area contributed by atoms with E-state index in [2.05, 4.69) is 15.0 Å². The van der Waals surface area contributed by atoms with Gasteiger partial charge in [0.1, 0.15) is 6.61 Å². The van der Waals surface area contributed by atoms with Crippen molar-refractivity contribution >= 4 is 17.8 Å². The molecule has 0 amide bonds. The molecule has 0 saturated heterocycles. The van der Waals surface area contributed by atoms with E-state index in [1.165, 1.54) is 11.3 Å². The van der Waals surface area contributed by atoms with Crippen molar-refractivity contribution < 1.29 is 9.53 Å². The largest absolute Gasteiger partial charge is 0.466 e. The van der Waals surface area contributed by atoms with Gasteiger partial charge in [0.2, 0.25) is 0 Å². The first-order chi connectivity index (χ1) is 5.88. The number of hydrogen-bond acceptors (Lipinski definition) is 5. The Labute approximate surface area is 74.6 Å². The van der Waals surface area contributed by atoms with E-state index < -0.39 is 0 Å². The summed E-state index contributed by atoms with van der Waals surface area (Å²) in [5.74, 6) is 0. The molecule has 1 N–H and O–H groups in total. The molecule has 0 radical (unpaired) electrons.